The molecule has 1 aliphatic rings. The van der Waals surface area contributed by atoms with Gasteiger partial charge in [-0.2, -0.15) is 0 Å². The van der Waals surface area contributed by atoms with E-state index in [0.29, 0.717) is 0 Å². The summed E-state index contributed by atoms with van der Waals surface area (Å²) < 4.78 is 0. The number of nitrogens with zero attached hydrogens (tertiary/aromatic N) is 1. The first-order chi connectivity index (χ1) is 7.66. The van der Waals surface area contributed by atoms with Crippen molar-refractivity contribution in [2.24, 2.45) is 11.8 Å². The minimum Gasteiger partial charge on any atom is -0.481 e. The second-order valence-corrected chi connectivity index (χ2v) is 5.61. The fraction of sp³-hybridized carbons (Fsp3) is 0.667. The molecule has 2 atom stereocenters. The summed E-state index contributed by atoms with van der Waals surface area (Å²) in [5.41, 5.74) is 1.07. The lowest BCUT2D eigenvalue weighted by molar-refractivity contribution is -0.144. The largest absolute Gasteiger partial charge is 0.481 e. The highest BCUT2D eigenvalue weighted by Crippen LogP contribution is 2.32. The van der Waals surface area contributed by atoms with E-state index in [9.17, 15) is 9.90 Å². The average Bonchev–Trinajstić information content (AvgIpc) is 2.64. The Hall–Kier alpha value is -0.900. The van der Waals surface area contributed by atoms with Crippen molar-refractivity contribution in [1.29, 1.82) is 0 Å². The van der Waals surface area contributed by atoms with Crippen molar-refractivity contribution in [3.8, 4) is 0 Å². The van der Waals surface area contributed by atoms with Gasteiger partial charge in [-0.3, -0.25) is 4.79 Å². The van der Waals surface area contributed by atoms with Crippen molar-refractivity contribution in [3.63, 3.8) is 0 Å². The molecule has 1 N–H and O–H groups in total. The fourth-order valence-electron chi connectivity index (χ4n) is 2.55. The maximum atomic E-state index is 11.1. The lowest BCUT2D eigenvalue weighted by Gasteiger charge is -2.27. The zero-order chi connectivity index (χ0) is 11.5. The Kier molecular flexibility index (Phi) is 3.59. The van der Waals surface area contributed by atoms with Crippen molar-refractivity contribution in [1.82, 2.24) is 4.98 Å². The Labute approximate surface area is 99.5 Å². The number of aliphatic carboxylic acids is 1. The maximum absolute atomic E-state index is 11.1. The van der Waals surface area contributed by atoms with Crippen LogP contribution in [0.2, 0.25) is 0 Å². The molecule has 1 heterocycles. The molecule has 1 saturated carbocycles. The van der Waals surface area contributed by atoms with E-state index < -0.39 is 5.97 Å². The highest BCUT2D eigenvalue weighted by molar-refractivity contribution is 7.09. The summed E-state index contributed by atoms with van der Waals surface area (Å²) >= 11 is 1.64. The highest BCUT2D eigenvalue weighted by atomic mass is 32.1. The number of aromatic nitrogens is 1. The van der Waals surface area contributed by atoms with Crippen LogP contribution in [-0.4, -0.2) is 16.1 Å². The number of carboxylic acid groups (broad SMARTS) is 1. The summed E-state index contributed by atoms with van der Waals surface area (Å²) in [7, 11) is 0. The molecule has 1 aliphatic carbocycles. The van der Waals surface area contributed by atoms with Crippen LogP contribution in [0.4, 0.5) is 0 Å². The van der Waals surface area contributed by atoms with E-state index in [1.807, 2.05) is 6.92 Å². The van der Waals surface area contributed by atoms with E-state index in [2.05, 4.69) is 10.4 Å². The highest BCUT2D eigenvalue weighted by Gasteiger charge is 2.31. The standard InChI is InChI=1S/C12H17NO2S/c1-8-13-10(7-16-8)6-9-4-2-3-5-11(9)12(14)15/h7,9,11H,2-6H2,1H3,(H,14,15). The summed E-state index contributed by atoms with van der Waals surface area (Å²) in [5, 5.41) is 12.3. The Morgan fingerprint density at radius 2 is 2.31 bits per heavy atom. The number of carboxylic acids is 1. The van der Waals surface area contributed by atoms with Crippen molar-refractivity contribution in [2.75, 3.05) is 0 Å². The average molecular weight is 239 g/mol. The molecule has 1 fully saturated rings. The van der Waals surface area contributed by atoms with E-state index >= 15 is 0 Å². The normalized spacial score (nSPS) is 25.6. The Balaban J connectivity index is 2.03. The predicted octanol–water partition coefficient (Wildman–Crippen LogP) is 2.89. The third kappa shape index (κ3) is 2.61. The Morgan fingerprint density at radius 3 is 2.94 bits per heavy atom. The fourth-order valence-corrected chi connectivity index (χ4v) is 3.17. The molecule has 3 nitrogen and oxygen atoms in total. The topological polar surface area (TPSA) is 50.2 Å². The second kappa shape index (κ2) is 4.95. The van der Waals surface area contributed by atoms with Gasteiger partial charge in [0, 0.05) is 5.38 Å². The molecule has 88 valence electrons. The van der Waals surface area contributed by atoms with Crippen LogP contribution in [0.5, 0.6) is 0 Å². The molecule has 16 heavy (non-hydrogen) atoms. The van der Waals surface area contributed by atoms with Gasteiger partial charge in [-0.25, -0.2) is 4.98 Å². The van der Waals surface area contributed by atoms with Crippen LogP contribution in [0.15, 0.2) is 5.38 Å². The molecule has 2 unspecified atom stereocenters. The van der Waals surface area contributed by atoms with E-state index in [0.717, 1.165) is 42.8 Å². The van der Waals surface area contributed by atoms with Crippen LogP contribution in [-0.2, 0) is 11.2 Å². The van der Waals surface area contributed by atoms with Gasteiger partial charge in [0.1, 0.15) is 0 Å². The number of carbonyl (C=O) groups is 1. The molecule has 4 heteroatoms. The quantitative estimate of drug-likeness (QED) is 0.882. The first-order valence-electron chi connectivity index (χ1n) is 5.80. The number of hydrogen-bond donors (Lipinski definition) is 1. The number of aryl methyl sites for hydroxylation is 1. The van der Waals surface area contributed by atoms with Gasteiger partial charge in [-0.15, -0.1) is 11.3 Å². The van der Waals surface area contributed by atoms with Crippen LogP contribution in [0, 0.1) is 18.8 Å². The van der Waals surface area contributed by atoms with Gasteiger partial charge < -0.3 is 5.11 Å². The van der Waals surface area contributed by atoms with Crippen LogP contribution in [0.1, 0.15) is 36.4 Å². The lowest BCUT2D eigenvalue weighted by atomic mass is 9.77. The van der Waals surface area contributed by atoms with Gasteiger partial charge in [-0.05, 0) is 32.1 Å². The van der Waals surface area contributed by atoms with Gasteiger partial charge in [0.25, 0.3) is 0 Å². The molecule has 2 rings (SSSR count). The molecule has 0 amide bonds. The van der Waals surface area contributed by atoms with Crippen LogP contribution < -0.4 is 0 Å². The Bertz CT molecular complexity index is 375. The van der Waals surface area contributed by atoms with Crippen LogP contribution >= 0.6 is 11.3 Å². The van der Waals surface area contributed by atoms with E-state index in [-0.39, 0.29) is 11.8 Å². The predicted molar refractivity (Wildman–Crippen MR) is 63.6 cm³/mol. The molecule has 0 aliphatic heterocycles. The molecule has 0 aromatic carbocycles. The van der Waals surface area contributed by atoms with E-state index in [1.165, 1.54) is 0 Å². The molecular weight excluding hydrogens is 222 g/mol. The van der Waals surface area contributed by atoms with Crippen LogP contribution in [0.3, 0.4) is 0 Å². The molecule has 0 spiro atoms. The summed E-state index contributed by atoms with van der Waals surface area (Å²) in [6, 6.07) is 0. The molecule has 0 bridgehead atoms. The molecule has 0 radical (unpaired) electrons. The Morgan fingerprint density at radius 1 is 1.56 bits per heavy atom. The van der Waals surface area contributed by atoms with Crippen molar-refractivity contribution in [3.05, 3.63) is 16.1 Å². The molecule has 1 aromatic heterocycles. The second-order valence-electron chi connectivity index (χ2n) is 4.55. The van der Waals surface area contributed by atoms with E-state index in [1.54, 1.807) is 11.3 Å². The van der Waals surface area contributed by atoms with Crippen molar-refractivity contribution in [2.45, 2.75) is 39.0 Å². The van der Waals surface area contributed by atoms with Crippen molar-refractivity contribution < 1.29 is 9.90 Å². The zero-order valence-electron chi connectivity index (χ0n) is 9.48. The van der Waals surface area contributed by atoms with Gasteiger partial charge in [0.15, 0.2) is 0 Å². The minimum atomic E-state index is -0.628. The minimum absolute atomic E-state index is 0.157. The smallest absolute Gasteiger partial charge is 0.306 e. The van der Waals surface area contributed by atoms with Gasteiger partial charge >= 0.3 is 5.97 Å². The third-order valence-corrected chi connectivity index (χ3v) is 4.19. The summed E-state index contributed by atoms with van der Waals surface area (Å²) in [6.45, 7) is 1.99. The van der Waals surface area contributed by atoms with Gasteiger partial charge in [0.2, 0.25) is 0 Å². The zero-order valence-corrected chi connectivity index (χ0v) is 10.3. The first-order valence-corrected chi connectivity index (χ1v) is 6.68. The summed E-state index contributed by atoms with van der Waals surface area (Å²) in [5.74, 6) is -0.500. The summed E-state index contributed by atoms with van der Waals surface area (Å²) in [4.78, 5) is 15.6. The monoisotopic (exact) mass is 239 g/mol. The van der Waals surface area contributed by atoms with Crippen LogP contribution in [0.25, 0.3) is 0 Å². The first kappa shape index (κ1) is 11.6. The SMILES string of the molecule is Cc1nc(CC2CCCCC2C(=O)O)cs1. The summed E-state index contributed by atoms with van der Waals surface area (Å²) in [6.07, 6.45) is 4.93. The molecule has 0 saturated heterocycles. The van der Waals surface area contributed by atoms with Crippen molar-refractivity contribution >= 4 is 17.3 Å². The number of rotatable bonds is 3. The number of thiazole rings is 1. The molecular formula is C12H17NO2S. The van der Waals surface area contributed by atoms with Gasteiger partial charge in [0.05, 0.1) is 16.6 Å². The number of hydrogen-bond acceptors (Lipinski definition) is 3. The lowest BCUT2D eigenvalue weighted by Crippen LogP contribution is -2.28. The maximum Gasteiger partial charge on any atom is 0.306 e. The molecule has 1 aromatic rings. The van der Waals surface area contributed by atoms with Gasteiger partial charge in [-0.1, -0.05) is 12.8 Å². The third-order valence-electron chi connectivity index (χ3n) is 3.36. The van der Waals surface area contributed by atoms with E-state index in [4.69, 9.17) is 0 Å².